The van der Waals surface area contributed by atoms with E-state index < -0.39 is 0 Å². The SMILES string of the molecule is O=C(/C=C/c1cccs1)Nc1c(Cl)cccc1Cl. The Morgan fingerprint density at radius 3 is 2.50 bits per heavy atom. The van der Waals surface area contributed by atoms with Crippen LogP contribution in [0, 0.1) is 0 Å². The first-order chi connectivity index (χ1) is 8.66. The second kappa shape index (κ2) is 6.05. The van der Waals surface area contributed by atoms with Gasteiger partial charge in [-0.3, -0.25) is 4.79 Å². The molecule has 0 unspecified atom stereocenters. The molecule has 0 saturated heterocycles. The van der Waals surface area contributed by atoms with E-state index in [2.05, 4.69) is 5.32 Å². The van der Waals surface area contributed by atoms with E-state index in [0.29, 0.717) is 15.7 Å². The van der Waals surface area contributed by atoms with Crippen LogP contribution in [0.2, 0.25) is 10.0 Å². The fraction of sp³-hybridized carbons (Fsp3) is 0. The van der Waals surface area contributed by atoms with Crippen molar-refractivity contribution < 1.29 is 4.79 Å². The summed E-state index contributed by atoms with van der Waals surface area (Å²) in [5, 5.41) is 5.44. The van der Waals surface area contributed by atoms with Gasteiger partial charge in [0.15, 0.2) is 0 Å². The maximum atomic E-state index is 11.7. The third kappa shape index (κ3) is 3.35. The van der Waals surface area contributed by atoms with Gasteiger partial charge in [-0.05, 0) is 29.7 Å². The van der Waals surface area contributed by atoms with E-state index in [9.17, 15) is 4.79 Å². The summed E-state index contributed by atoms with van der Waals surface area (Å²) in [6.07, 6.45) is 3.19. The van der Waals surface area contributed by atoms with Gasteiger partial charge in [-0.25, -0.2) is 0 Å². The van der Waals surface area contributed by atoms with Gasteiger partial charge in [0.2, 0.25) is 5.91 Å². The van der Waals surface area contributed by atoms with Crippen molar-refractivity contribution in [3.63, 3.8) is 0 Å². The summed E-state index contributed by atoms with van der Waals surface area (Å²) in [7, 11) is 0. The van der Waals surface area contributed by atoms with E-state index in [1.165, 1.54) is 6.08 Å². The number of halogens is 2. The summed E-state index contributed by atoms with van der Waals surface area (Å²) >= 11 is 13.5. The Bertz CT molecular complexity index is 558. The fourth-order valence-electron chi connectivity index (χ4n) is 1.33. The van der Waals surface area contributed by atoms with E-state index in [0.717, 1.165) is 4.88 Å². The number of carbonyl (C=O) groups excluding carboxylic acids is 1. The molecule has 2 rings (SSSR count). The minimum atomic E-state index is -0.265. The molecular formula is C13H9Cl2NOS. The summed E-state index contributed by atoms with van der Waals surface area (Å²) in [5.41, 5.74) is 0.432. The van der Waals surface area contributed by atoms with Gasteiger partial charge in [-0.15, -0.1) is 11.3 Å². The van der Waals surface area contributed by atoms with Gasteiger partial charge in [-0.2, -0.15) is 0 Å². The van der Waals surface area contributed by atoms with E-state index in [1.807, 2.05) is 17.5 Å². The standard InChI is InChI=1S/C13H9Cl2NOS/c14-10-4-1-5-11(15)13(10)16-12(17)7-6-9-3-2-8-18-9/h1-8H,(H,16,17)/b7-6+. The van der Waals surface area contributed by atoms with Crippen molar-refractivity contribution in [2.75, 3.05) is 5.32 Å². The highest BCUT2D eigenvalue weighted by Gasteiger charge is 2.07. The number of rotatable bonds is 3. The number of carbonyl (C=O) groups is 1. The van der Waals surface area contributed by atoms with Crippen LogP contribution in [0.5, 0.6) is 0 Å². The summed E-state index contributed by atoms with van der Waals surface area (Å²) in [6.45, 7) is 0. The van der Waals surface area contributed by atoms with Crippen molar-refractivity contribution in [3.05, 3.63) is 56.7 Å². The zero-order valence-corrected chi connectivity index (χ0v) is 11.5. The molecule has 0 aliphatic heterocycles. The Balaban J connectivity index is 2.08. The third-order valence-corrected chi connectivity index (χ3v) is 3.62. The second-order valence-electron chi connectivity index (χ2n) is 3.43. The van der Waals surface area contributed by atoms with Gasteiger partial charge in [0.25, 0.3) is 0 Å². The van der Waals surface area contributed by atoms with Crippen LogP contribution < -0.4 is 5.32 Å². The average molecular weight is 298 g/mol. The smallest absolute Gasteiger partial charge is 0.248 e. The number of nitrogens with one attached hydrogen (secondary N) is 1. The monoisotopic (exact) mass is 297 g/mol. The van der Waals surface area contributed by atoms with Gasteiger partial charge in [-0.1, -0.05) is 35.3 Å². The zero-order valence-electron chi connectivity index (χ0n) is 9.19. The van der Waals surface area contributed by atoms with Crippen molar-refractivity contribution in [2.24, 2.45) is 0 Å². The average Bonchev–Trinajstić information content (AvgIpc) is 2.84. The zero-order chi connectivity index (χ0) is 13.0. The Morgan fingerprint density at radius 2 is 1.89 bits per heavy atom. The molecule has 0 aliphatic rings. The molecule has 1 heterocycles. The number of hydrogen-bond donors (Lipinski definition) is 1. The van der Waals surface area contributed by atoms with Crippen LogP contribution in [0.25, 0.3) is 6.08 Å². The lowest BCUT2D eigenvalue weighted by Crippen LogP contribution is -2.08. The van der Waals surface area contributed by atoms with Gasteiger partial charge < -0.3 is 5.32 Å². The molecule has 2 nitrogen and oxygen atoms in total. The van der Waals surface area contributed by atoms with Crippen molar-refractivity contribution in [2.45, 2.75) is 0 Å². The molecule has 1 aromatic carbocycles. The fourth-order valence-corrected chi connectivity index (χ4v) is 2.44. The van der Waals surface area contributed by atoms with Gasteiger partial charge in [0, 0.05) is 11.0 Å². The first kappa shape index (κ1) is 13.1. The van der Waals surface area contributed by atoms with Gasteiger partial charge >= 0.3 is 0 Å². The third-order valence-electron chi connectivity index (χ3n) is 2.15. The van der Waals surface area contributed by atoms with Crippen LogP contribution in [0.4, 0.5) is 5.69 Å². The second-order valence-corrected chi connectivity index (χ2v) is 5.23. The molecule has 0 radical (unpaired) electrons. The molecule has 1 amide bonds. The summed E-state index contributed by atoms with van der Waals surface area (Å²) in [4.78, 5) is 12.7. The molecule has 2 aromatic rings. The predicted octanol–water partition coefficient (Wildman–Crippen LogP) is 4.71. The van der Waals surface area contributed by atoms with E-state index in [1.54, 1.807) is 35.6 Å². The normalized spacial score (nSPS) is 10.8. The van der Waals surface area contributed by atoms with Crippen LogP contribution in [0.3, 0.4) is 0 Å². The molecule has 92 valence electrons. The molecule has 0 atom stereocenters. The van der Waals surface area contributed by atoms with Crippen molar-refractivity contribution >= 4 is 52.2 Å². The minimum absolute atomic E-state index is 0.265. The molecule has 0 aliphatic carbocycles. The number of anilines is 1. The first-order valence-electron chi connectivity index (χ1n) is 5.13. The van der Waals surface area contributed by atoms with E-state index in [4.69, 9.17) is 23.2 Å². The summed E-state index contributed by atoms with van der Waals surface area (Å²) in [6, 6.07) is 8.92. The molecule has 0 spiro atoms. The van der Waals surface area contributed by atoms with E-state index >= 15 is 0 Å². The van der Waals surface area contributed by atoms with Crippen LogP contribution in [-0.2, 0) is 4.79 Å². The maximum Gasteiger partial charge on any atom is 0.248 e. The van der Waals surface area contributed by atoms with Crippen LogP contribution >= 0.6 is 34.5 Å². The van der Waals surface area contributed by atoms with Gasteiger partial charge in [0.1, 0.15) is 0 Å². The number of benzene rings is 1. The van der Waals surface area contributed by atoms with Crippen LogP contribution in [0.1, 0.15) is 4.88 Å². The molecule has 5 heteroatoms. The molecule has 0 fully saturated rings. The summed E-state index contributed by atoms with van der Waals surface area (Å²) in [5.74, 6) is -0.265. The Hall–Kier alpha value is -1.29. The highest BCUT2D eigenvalue weighted by Crippen LogP contribution is 2.29. The lowest BCUT2D eigenvalue weighted by atomic mass is 10.3. The lowest BCUT2D eigenvalue weighted by Gasteiger charge is -2.06. The Kier molecular flexibility index (Phi) is 4.42. The topological polar surface area (TPSA) is 29.1 Å². The lowest BCUT2D eigenvalue weighted by molar-refractivity contribution is -0.111. The Labute approximate surface area is 119 Å². The largest absolute Gasteiger partial charge is 0.320 e. The van der Waals surface area contributed by atoms with Crippen LogP contribution in [0.15, 0.2) is 41.8 Å². The van der Waals surface area contributed by atoms with Gasteiger partial charge in [0.05, 0.1) is 15.7 Å². The first-order valence-corrected chi connectivity index (χ1v) is 6.77. The Morgan fingerprint density at radius 1 is 1.17 bits per heavy atom. The number of thiophene rings is 1. The number of hydrogen-bond acceptors (Lipinski definition) is 2. The predicted molar refractivity (Wildman–Crippen MR) is 78.4 cm³/mol. The highest BCUT2D eigenvalue weighted by molar-refractivity contribution is 7.10. The number of amides is 1. The van der Waals surface area contributed by atoms with Crippen molar-refractivity contribution in [1.82, 2.24) is 0 Å². The minimum Gasteiger partial charge on any atom is -0.320 e. The maximum absolute atomic E-state index is 11.7. The van der Waals surface area contributed by atoms with E-state index in [-0.39, 0.29) is 5.91 Å². The molecule has 1 aromatic heterocycles. The van der Waals surface area contributed by atoms with Crippen molar-refractivity contribution in [3.8, 4) is 0 Å². The molecule has 0 saturated carbocycles. The molecule has 1 N–H and O–H groups in total. The molecule has 18 heavy (non-hydrogen) atoms. The quantitative estimate of drug-likeness (QED) is 0.817. The highest BCUT2D eigenvalue weighted by atomic mass is 35.5. The summed E-state index contributed by atoms with van der Waals surface area (Å²) < 4.78 is 0. The molecular weight excluding hydrogens is 289 g/mol. The van der Waals surface area contributed by atoms with Crippen molar-refractivity contribution in [1.29, 1.82) is 0 Å². The number of para-hydroxylation sites is 1. The molecule has 0 bridgehead atoms. The van der Waals surface area contributed by atoms with Crippen LogP contribution in [-0.4, -0.2) is 5.91 Å².